The highest BCUT2D eigenvalue weighted by molar-refractivity contribution is 5.22. The molecule has 0 saturated heterocycles. The molecule has 3 aliphatic carbocycles. The first-order chi connectivity index (χ1) is 13.8. The molecule has 3 N–H and O–H groups in total. The van der Waals surface area contributed by atoms with Crippen LogP contribution >= 0.6 is 0 Å². The maximum absolute atomic E-state index is 10.2. The molecule has 0 aromatic heterocycles. The van der Waals surface area contributed by atoms with Gasteiger partial charge >= 0.3 is 0 Å². The molecule has 0 heterocycles. The highest BCUT2D eigenvalue weighted by Gasteiger charge is 2.42. The summed E-state index contributed by atoms with van der Waals surface area (Å²) in [6.07, 6.45) is 16.8. The zero-order valence-corrected chi connectivity index (χ0v) is 18.9. The van der Waals surface area contributed by atoms with E-state index in [4.69, 9.17) is 0 Å². The van der Waals surface area contributed by atoms with Gasteiger partial charge in [-0.05, 0) is 100 Å². The van der Waals surface area contributed by atoms with E-state index < -0.39 is 0 Å². The minimum atomic E-state index is -0.382. The molecule has 3 fully saturated rings. The molecular weight excluding hydrogens is 360 g/mol. The number of rotatable bonds is 6. The van der Waals surface area contributed by atoms with Crippen molar-refractivity contribution in [2.45, 2.75) is 116 Å². The van der Waals surface area contributed by atoms with E-state index in [1.54, 1.807) is 5.57 Å². The van der Waals surface area contributed by atoms with Crippen LogP contribution in [0.3, 0.4) is 0 Å². The largest absolute Gasteiger partial charge is 0.393 e. The predicted molar refractivity (Wildman–Crippen MR) is 120 cm³/mol. The van der Waals surface area contributed by atoms with Gasteiger partial charge in [-0.1, -0.05) is 44.1 Å². The summed E-state index contributed by atoms with van der Waals surface area (Å²) < 4.78 is 0. The molecule has 0 amide bonds. The van der Waals surface area contributed by atoms with Crippen molar-refractivity contribution >= 4 is 0 Å². The maximum Gasteiger partial charge on any atom is 0.0602 e. The van der Waals surface area contributed by atoms with Crippen LogP contribution in [0, 0.1) is 23.2 Å². The van der Waals surface area contributed by atoms with Crippen molar-refractivity contribution in [2.24, 2.45) is 23.2 Å². The minimum Gasteiger partial charge on any atom is -0.393 e. The van der Waals surface area contributed by atoms with Crippen LogP contribution in [0.5, 0.6) is 0 Å². The third-order valence-corrected chi connectivity index (χ3v) is 8.13. The molecule has 29 heavy (non-hydrogen) atoms. The highest BCUT2D eigenvalue weighted by atomic mass is 16.3. The lowest BCUT2D eigenvalue weighted by Gasteiger charge is -2.36. The Morgan fingerprint density at radius 1 is 1.00 bits per heavy atom. The van der Waals surface area contributed by atoms with Crippen LogP contribution < -0.4 is 0 Å². The van der Waals surface area contributed by atoms with Gasteiger partial charge in [0.05, 0.1) is 18.3 Å². The fourth-order valence-corrected chi connectivity index (χ4v) is 6.16. The number of hydrogen-bond acceptors (Lipinski definition) is 3. The van der Waals surface area contributed by atoms with Crippen LogP contribution in [0.2, 0.25) is 0 Å². The van der Waals surface area contributed by atoms with E-state index in [9.17, 15) is 15.3 Å². The molecular formula is C26H44O3. The van der Waals surface area contributed by atoms with Crippen molar-refractivity contribution in [1.82, 2.24) is 0 Å². The lowest BCUT2D eigenvalue weighted by Crippen LogP contribution is -2.25. The molecule has 0 aromatic rings. The summed E-state index contributed by atoms with van der Waals surface area (Å²) in [5.74, 6) is 1.89. The molecule has 0 bridgehead atoms. The molecule has 3 nitrogen and oxygen atoms in total. The molecule has 0 radical (unpaired) electrons. The second-order valence-corrected chi connectivity index (χ2v) is 11.0. The van der Waals surface area contributed by atoms with Gasteiger partial charge in [-0.25, -0.2) is 0 Å². The standard InChI is InChI=1S/C26H44O3/c1-18(2)25(29)9-6-19(3)22-10-12-26(17-22)11-4-5-20(16-26)7-8-21-13-23(27)15-24(28)14-21/h7-8,18-19,22-25,27-29H,4-6,9-17H2,1-3H3/b20-7+/t19?,22-,23-,24-,25?,26-/m1/s1. The van der Waals surface area contributed by atoms with Gasteiger partial charge in [0.25, 0.3) is 0 Å². The normalized spacial score (nSPS) is 36.7. The van der Waals surface area contributed by atoms with Crippen molar-refractivity contribution in [3.8, 4) is 0 Å². The van der Waals surface area contributed by atoms with E-state index in [1.807, 2.05) is 0 Å². The third-order valence-electron chi connectivity index (χ3n) is 8.13. The van der Waals surface area contributed by atoms with E-state index in [2.05, 4.69) is 32.9 Å². The van der Waals surface area contributed by atoms with E-state index >= 15 is 0 Å². The Hall–Kier alpha value is -0.640. The van der Waals surface area contributed by atoms with Crippen molar-refractivity contribution in [1.29, 1.82) is 0 Å². The van der Waals surface area contributed by atoms with Gasteiger partial charge in [0, 0.05) is 0 Å². The molecule has 3 rings (SSSR count). The van der Waals surface area contributed by atoms with Crippen LogP contribution in [0.25, 0.3) is 0 Å². The second-order valence-electron chi connectivity index (χ2n) is 11.0. The number of aliphatic hydroxyl groups is 3. The zero-order chi connectivity index (χ0) is 21.0. The van der Waals surface area contributed by atoms with Gasteiger partial charge in [0.1, 0.15) is 0 Å². The smallest absolute Gasteiger partial charge is 0.0602 e. The molecule has 2 unspecified atom stereocenters. The van der Waals surface area contributed by atoms with Gasteiger partial charge in [-0.3, -0.25) is 0 Å². The zero-order valence-electron chi connectivity index (χ0n) is 18.9. The Balaban J connectivity index is 1.55. The fourth-order valence-electron chi connectivity index (χ4n) is 6.16. The predicted octanol–water partition coefficient (Wildman–Crippen LogP) is 5.54. The average molecular weight is 405 g/mol. The van der Waals surface area contributed by atoms with Gasteiger partial charge < -0.3 is 15.3 Å². The van der Waals surface area contributed by atoms with Crippen LogP contribution in [-0.2, 0) is 0 Å². The first-order valence-electron chi connectivity index (χ1n) is 12.2. The maximum atomic E-state index is 10.2. The Bertz CT molecular complexity index is 581. The quantitative estimate of drug-likeness (QED) is 0.545. The first-order valence-corrected chi connectivity index (χ1v) is 12.2. The van der Waals surface area contributed by atoms with E-state index in [-0.39, 0.29) is 18.3 Å². The lowest BCUT2D eigenvalue weighted by atomic mass is 9.69. The van der Waals surface area contributed by atoms with Gasteiger partial charge in [-0.2, -0.15) is 0 Å². The fraction of sp³-hybridized carbons (Fsp3) is 0.846. The van der Waals surface area contributed by atoms with Gasteiger partial charge in [-0.15, -0.1) is 0 Å². The molecule has 1 spiro atoms. The summed E-state index contributed by atoms with van der Waals surface area (Å²) in [7, 11) is 0. The number of aliphatic hydroxyl groups excluding tert-OH is 3. The van der Waals surface area contributed by atoms with Gasteiger partial charge in [0.15, 0.2) is 0 Å². The van der Waals surface area contributed by atoms with Crippen molar-refractivity contribution < 1.29 is 15.3 Å². The molecule has 3 saturated carbocycles. The summed E-state index contributed by atoms with van der Waals surface area (Å²) >= 11 is 0. The van der Waals surface area contributed by atoms with Gasteiger partial charge in [0.2, 0.25) is 0 Å². The Kier molecular flexibility index (Phi) is 8.03. The summed E-state index contributed by atoms with van der Waals surface area (Å²) in [6.45, 7) is 6.63. The van der Waals surface area contributed by atoms with E-state index in [1.165, 1.54) is 50.5 Å². The lowest BCUT2D eigenvalue weighted by molar-refractivity contribution is 0.0609. The number of allylic oxidation sites excluding steroid dienone is 3. The van der Waals surface area contributed by atoms with E-state index in [0.29, 0.717) is 36.5 Å². The number of hydrogen-bond donors (Lipinski definition) is 3. The molecule has 3 aliphatic rings. The monoisotopic (exact) mass is 404 g/mol. The van der Waals surface area contributed by atoms with Crippen LogP contribution in [0.15, 0.2) is 23.3 Å². The van der Waals surface area contributed by atoms with Crippen molar-refractivity contribution in [2.75, 3.05) is 0 Å². The second kappa shape index (κ2) is 10.1. The Labute approximate surface area is 178 Å². The SMILES string of the molecule is CC(C)C(O)CCC(C)[C@@H]1CC[C@@]2(CCC/C(=C\C=C3C[C@@H](O)C[C@H](O)C3)C2)C1. The highest BCUT2D eigenvalue weighted by Crippen LogP contribution is 2.54. The van der Waals surface area contributed by atoms with Crippen LogP contribution in [0.1, 0.15) is 97.8 Å². The first kappa shape index (κ1) is 23.0. The summed E-state index contributed by atoms with van der Waals surface area (Å²) in [4.78, 5) is 0. The summed E-state index contributed by atoms with van der Waals surface area (Å²) in [5, 5.41) is 30.0. The van der Waals surface area contributed by atoms with Crippen LogP contribution in [0.4, 0.5) is 0 Å². The molecule has 3 heteroatoms. The topological polar surface area (TPSA) is 60.7 Å². The van der Waals surface area contributed by atoms with Crippen LogP contribution in [-0.4, -0.2) is 33.6 Å². The molecule has 0 aromatic carbocycles. The summed E-state index contributed by atoms with van der Waals surface area (Å²) in [5.41, 5.74) is 3.27. The Morgan fingerprint density at radius 2 is 1.69 bits per heavy atom. The molecule has 166 valence electrons. The minimum absolute atomic E-state index is 0.151. The molecule has 0 aliphatic heterocycles. The van der Waals surface area contributed by atoms with E-state index in [0.717, 1.165) is 18.8 Å². The van der Waals surface area contributed by atoms with Crippen molar-refractivity contribution in [3.63, 3.8) is 0 Å². The van der Waals surface area contributed by atoms with Crippen molar-refractivity contribution in [3.05, 3.63) is 23.3 Å². The Morgan fingerprint density at radius 3 is 2.38 bits per heavy atom. The third kappa shape index (κ3) is 6.42. The summed E-state index contributed by atoms with van der Waals surface area (Å²) in [6, 6.07) is 0. The molecule has 6 atom stereocenters. The average Bonchev–Trinajstić information content (AvgIpc) is 3.06.